The number of thiocarbonyl (C=S) groups is 1. The Balaban J connectivity index is 1.68. The lowest BCUT2D eigenvalue weighted by Crippen LogP contribution is -2.24. The van der Waals surface area contributed by atoms with E-state index in [0.717, 1.165) is 22.4 Å². The van der Waals surface area contributed by atoms with Gasteiger partial charge in [0.15, 0.2) is 5.11 Å². The SMILES string of the molecule is COc1ccccc1NC(=S)N/N=C/c1cccc2ccccc12. The van der Waals surface area contributed by atoms with Crippen LogP contribution in [0.2, 0.25) is 0 Å². The van der Waals surface area contributed by atoms with Crippen LogP contribution >= 0.6 is 12.2 Å². The molecule has 4 nitrogen and oxygen atoms in total. The summed E-state index contributed by atoms with van der Waals surface area (Å²) >= 11 is 5.26. The van der Waals surface area contributed by atoms with Crippen molar-refractivity contribution >= 4 is 40.0 Å². The highest BCUT2D eigenvalue weighted by molar-refractivity contribution is 7.80. The number of nitrogens with one attached hydrogen (secondary N) is 2. The lowest BCUT2D eigenvalue weighted by molar-refractivity contribution is 0.417. The molecule has 0 heterocycles. The van der Waals surface area contributed by atoms with Crippen molar-refractivity contribution in [3.8, 4) is 5.75 Å². The first-order valence-electron chi connectivity index (χ1n) is 7.49. The maximum Gasteiger partial charge on any atom is 0.191 e. The van der Waals surface area contributed by atoms with Gasteiger partial charge in [0, 0.05) is 5.56 Å². The highest BCUT2D eigenvalue weighted by atomic mass is 32.1. The van der Waals surface area contributed by atoms with E-state index in [-0.39, 0.29) is 0 Å². The van der Waals surface area contributed by atoms with Crippen LogP contribution in [0.5, 0.6) is 5.75 Å². The second kappa shape index (κ2) is 7.57. The molecule has 5 heteroatoms. The normalized spacial score (nSPS) is 10.7. The molecule has 0 radical (unpaired) electrons. The summed E-state index contributed by atoms with van der Waals surface area (Å²) in [4.78, 5) is 0. The van der Waals surface area contributed by atoms with Crippen molar-refractivity contribution in [2.24, 2.45) is 5.10 Å². The molecule has 3 aromatic carbocycles. The molecule has 0 saturated heterocycles. The molecular formula is C19H17N3OS. The van der Waals surface area contributed by atoms with E-state index >= 15 is 0 Å². The predicted molar refractivity (Wildman–Crippen MR) is 104 cm³/mol. The largest absolute Gasteiger partial charge is 0.495 e. The fourth-order valence-corrected chi connectivity index (χ4v) is 2.58. The highest BCUT2D eigenvalue weighted by Gasteiger charge is 2.03. The van der Waals surface area contributed by atoms with Crippen LogP contribution in [0, 0.1) is 0 Å². The Labute approximate surface area is 146 Å². The van der Waals surface area contributed by atoms with Crippen molar-refractivity contribution in [2.75, 3.05) is 12.4 Å². The van der Waals surface area contributed by atoms with Gasteiger partial charge >= 0.3 is 0 Å². The number of methoxy groups -OCH3 is 1. The summed E-state index contributed by atoms with van der Waals surface area (Å²) < 4.78 is 5.28. The first-order chi connectivity index (χ1) is 11.8. The number of benzene rings is 3. The Hall–Kier alpha value is -2.92. The lowest BCUT2D eigenvalue weighted by Gasteiger charge is -2.10. The Morgan fingerprint density at radius 3 is 2.62 bits per heavy atom. The number of rotatable bonds is 4. The van der Waals surface area contributed by atoms with Gasteiger partial charge in [-0.15, -0.1) is 0 Å². The van der Waals surface area contributed by atoms with Gasteiger partial charge in [0.2, 0.25) is 0 Å². The number of fused-ring (bicyclic) bond motifs is 1. The van der Waals surface area contributed by atoms with Crippen molar-refractivity contribution in [3.05, 3.63) is 72.3 Å². The first-order valence-corrected chi connectivity index (χ1v) is 7.89. The minimum atomic E-state index is 0.399. The minimum absolute atomic E-state index is 0.399. The molecule has 120 valence electrons. The number of anilines is 1. The third-order valence-electron chi connectivity index (χ3n) is 3.55. The van der Waals surface area contributed by atoms with Gasteiger partial charge < -0.3 is 10.1 Å². The van der Waals surface area contributed by atoms with Gasteiger partial charge in [0.1, 0.15) is 5.75 Å². The molecule has 24 heavy (non-hydrogen) atoms. The van der Waals surface area contributed by atoms with Gasteiger partial charge in [-0.25, -0.2) is 0 Å². The predicted octanol–water partition coefficient (Wildman–Crippen LogP) is 4.17. The van der Waals surface area contributed by atoms with Crippen molar-refractivity contribution in [1.29, 1.82) is 0 Å². The summed E-state index contributed by atoms with van der Waals surface area (Å²) in [6.07, 6.45) is 1.76. The van der Waals surface area contributed by atoms with E-state index < -0.39 is 0 Å². The van der Waals surface area contributed by atoms with E-state index in [0.29, 0.717) is 5.11 Å². The molecule has 3 rings (SSSR count). The molecule has 0 atom stereocenters. The van der Waals surface area contributed by atoms with E-state index in [9.17, 15) is 0 Å². The topological polar surface area (TPSA) is 45.6 Å². The number of hydrogen-bond acceptors (Lipinski definition) is 3. The zero-order valence-electron chi connectivity index (χ0n) is 13.2. The molecule has 0 fully saturated rings. The third-order valence-corrected chi connectivity index (χ3v) is 3.74. The Morgan fingerprint density at radius 2 is 1.75 bits per heavy atom. The number of para-hydroxylation sites is 2. The van der Waals surface area contributed by atoms with Crippen LogP contribution in [0.4, 0.5) is 5.69 Å². The third kappa shape index (κ3) is 3.70. The Bertz CT molecular complexity index is 887. The standard InChI is InChI=1S/C19H17N3OS/c1-23-18-12-5-4-11-17(18)21-19(24)22-20-13-15-9-6-8-14-7-2-3-10-16(14)15/h2-13H,1H3,(H2,21,22,24)/b20-13+. The van der Waals surface area contributed by atoms with E-state index in [4.69, 9.17) is 17.0 Å². The molecule has 0 spiro atoms. The van der Waals surface area contributed by atoms with Crippen molar-refractivity contribution < 1.29 is 4.74 Å². The molecule has 0 amide bonds. The Kier molecular flexibility index (Phi) is 5.03. The fourth-order valence-electron chi connectivity index (χ4n) is 2.42. The monoisotopic (exact) mass is 335 g/mol. The maximum absolute atomic E-state index is 5.28. The molecule has 0 unspecified atom stereocenters. The van der Waals surface area contributed by atoms with E-state index in [1.165, 1.54) is 5.39 Å². The van der Waals surface area contributed by atoms with Crippen LogP contribution in [0.15, 0.2) is 71.8 Å². The smallest absolute Gasteiger partial charge is 0.191 e. The van der Waals surface area contributed by atoms with E-state index in [2.05, 4.69) is 34.0 Å². The summed E-state index contributed by atoms with van der Waals surface area (Å²) in [5, 5.41) is 10.0. The summed E-state index contributed by atoms with van der Waals surface area (Å²) in [5.74, 6) is 0.722. The zero-order valence-corrected chi connectivity index (χ0v) is 14.0. The average molecular weight is 335 g/mol. The maximum atomic E-state index is 5.28. The van der Waals surface area contributed by atoms with Crippen LogP contribution in [-0.4, -0.2) is 18.4 Å². The first kappa shape index (κ1) is 16.0. The van der Waals surface area contributed by atoms with Crippen LogP contribution in [0.25, 0.3) is 10.8 Å². The van der Waals surface area contributed by atoms with Gasteiger partial charge in [-0.3, -0.25) is 5.43 Å². The van der Waals surface area contributed by atoms with Crippen LogP contribution < -0.4 is 15.5 Å². The number of nitrogens with zero attached hydrogens (tertiary/aromatic N) is 1. The van der Waals surface area contributed by atoms with Crippen molar-refractivity contribution in [3.63, 3.8) is 0 Å². The lowest BCUT2D eigenvalue weighted by atomic mass is 10.1. The highest BCUT2D eigenvalue weighted by Crippen LogP contribution is 2.22. The average Bonchev–Trinajstić information content (AvgIpc) is 2.62. The summed E-state index contributed by atoms with van der Waals surface area (Å²) in [6, 6.07) is 21.9. The van der Waals surface area contributed by atoms with Gasteiger partial charge in [0.25, 0.3) is 0 Å². The van der Waals surface area contributed by atoms with Gasteiger partial charge in [-0.1, -0.05) is 54.6 Å². The molecule has 2 N–H and O–H groups in total. The van der Waals surface area contributed by atoms with Crippen LogP contribution in [0.1, 0.15) is 5.56 Å². The van der Waals surface area contributed by atoms with Gasteiger partial charge in [0.05, 0.1) is 19.0 Å². The van der Waals surface area contributed by atoms with Crippen LogP contribution in [-0.2, 0) is 0 Å². The summed E-state index contributed by atoms with van der Waals surface area (Å²) in [5.41, 5.74) is 4.65. The van der Waals surface area contributed by atoms with Crippen LogP contribution in [0.3, 0.4) is 0 Å². The van der Waals surface area contributed by atoms with Gasteiger partial charge in [-0.05, 0) is 35.1 Å². The molecule has 3 aromatic rings. The van der Waals surface area contributed by atoms with E-state index in [1.807, 2.05) is 48.5 Å². The molecule has 0 aliphatic rings. The second-order valence-electron chi connectivity index (χ2n) is 5.09. The number of ether oxygens (including phenoxy) is 1. The number of hydrazone groups is 1. The quantitative estimate of drug-likeness (QED) is 0.427. The van der Waals surface area contributed by atoms with Crippen molar-refractivity contribution in [1.82, 2.24) is 5.43 Å². The Morgan fingerprint density at radius 1 is 1.00 bits per heavy atom. The molecule has 0 saturated carbocycles. The molecule has 0 aromatic heterocycles. The summed E-state index contributed by atoms with van der Waals surface area (Å²) in [6.45, 7) is 0. The fraction of sp³-hybridized carbons (Fsp3) is 0.0526. The van der Waals surface area contributed by atoms with Crippen molar-refractivity contribution in [2.45, 2.75) is 0 Å². The molecule has 0 aliphatic heterocycles. The van der Waals surface area contributed by atoms with E-state index in [1.54, 1.807) is 13.3 Å². The van der Waals surface area contributed by atoms with Gasteiger partial charge in [-0.2, -0.15) is 5.10 Å². The summed E-state index contributed by atoms with van der Waals surface area (Å²) in [7, 11) is 1.62. The molecule has 0 aliphatic carbocycles. The zero-order chi connectivity index (χ0) is 16.8. The minimum Gasteiger partial charge on any atom is -0.495 e. The molecule has 0 bridgehead atoms. The number of hydrogen-bond donors (Lipinski definition) is 2. The molecular weight excluding hydrogens is 318 g/mol. The second-order valence-corrected chi connectivity index (χ2v) is 5.50.